The Morgan fingerprint density at radius 1 is 0.704 bits per heavy atom. The molecule has 3 aromatic carbocycles. The van der Waals surface area contributed by atoms with Crippen molar-refractivity contribution in [1.82, 2.24) is 19.7 Å². The Balaban J connectivity index is 1.85. The highest BCUT2D eigenvalue weighted by atomic mass is 15.3. The lowest BCUT2D eigenvalue weighted by Crippen LogP contribution is -2.02. The molecule has 127 valence electrons. The van der Waals surface area contributed by atoms with Crippen molar-refractivity contribution in [3.05, 3.63) is 97.2 Å². The van der Waals surface area contributed by atoms with Crippen molar-refractivity contribution in [3.63, 3.8) is 0 Å². The molecule has 1 radical (unpaired) electrons. The second-order valence-electron chi connectivity index (χ2n) is 6.18. The topological polar surface area (TPSA) is 43.6 Å². The highest BCUT2D eigenvalue weighted by molar-refractivity contribution is 5.88. The molecule has 27 heavy (non-hydrogen) atoms. The molecular formula is C23H15N4. The van der Waals surface area contributed by atoms with E-state index in [0.717, 1.165) is 39.4 Å². The van der Waals surface area contributed by atoms with E-state index in [1.807, 2.05) is 72.9 Å². The van der Waals surface area contributed by atoms with Gasteiger partial charge in [0.1, 0.15) is 0 Å². The van der Waals surface area contributed by atoms with Gasteiger partial charge in [-0.1, -0.05) is 72.8 Å². The fourth-order valence-electron chi connectivity index (χ4n) is 3.26. The van der Waals surface area contributed by atoms with Gasteiger partial charge in [-0.2, -0.15) is 0 Å². The predicted molar refractivity (Wildman–Crippen MR) is 106 cm³/mol. The van der Waals surface area contributed by atoms with Crippen molar-refractivity contribution in [2.45, 2.75) is 0 Å². The van der Waals surface area contributed by atoms with Crippen molar-refractivity contribution >= 4 is 10.9 Å². The van der Waals surface area contributed by atoms with Crippen molar-refractivity contribution in [2.24, 2.45) is 0 Å². The lowest BCUT2D eigenvalue weighted by atomic mass is 10.1. The van der Waals surface area contributed by atoms with Gasteiger partial charge in [-0.15, -0.1) is 10.2 Å². The highest BCUT2D eigenvalue weighted by Gasteiger charge is 2.18. The van der Waals surface area contributed by atoms with E-state index >= 15 is 0 Å². The van der Waals surface area contributed by atoms with E-state index in [-0.39, 0.29) is 0 Å². The highest BCUT2D eigenvalue weighted by Crippen LogP contribution is 2.31. The first-order valence-electron chi connectivity index (χ1n) is 8.74. The minimum atomic E-state index is 0.743. The fourth-order valence-corrected chi connectivity index (χ4v) is 3.26. The van der Waals surface area contributed by atoms with Gasteiger partial charge in [0.2, 0.25) is 0 Å². The second-order valence-corrected chi connectivity index (χ2v) is 6.18. The Kier molecular flexibility index (Phi) is 3.72. The normalized spacial score (nSPS) is 11.0. The maximum absolute atomic E-state index is 4.62. The minimum Gasteiger partial charge on any atom is -0.273 e. The summed E-state index contributed by atoms with van der Waals surface area (Å²) >= 11 is 0. The Morgan fingerprint density at radius 3 is 2.37 bits per heavy atom. The molecule has 5 aromatic rings. The lowest BCUT2D eigenvalue weighted by Gasteiger charge is -2.12. The predicted octanol–water partition coefficient (Wildman–Crippen LogP) is 4.95. The number of hydrogen-bond donors (Lipinski definition) is 0. The summed E-state index contributed by atoms with van der Waals surface area (Å²) in [4.78, 5) is 4.62. The summed E-state index contributed by atoms with van der Waals surface area (Å²) in [6.45, 7) is 0. The molecule has 0 saturated carbocycles. The van der Waals surface area contributed by atoms with Crippen LogP contribution >= 0.6 is 0 Å². The molecule has 0 aliphatic heterocycles. The summed E-state index contributed by atoms with van der Waals surface area (Å²) in [5.41, 5.74) is 3.75. The molecule has 2 aromatic heterocycles. The van der Waals surface area contributed by atoms with Crippen LogP contribution in [0.15, 0.2) is 91.1 Å². The van der Waals surface area contributed by atoms with Crippen LogP contribution in [0.2, 0.25) is 0 Å². The smallest absolute Gasteiger partial charge is 0.169 e. The van der Waals surface area contributed by atoms with E-state index in [1.54, 1.807) is 0 Å². The van der Waals surface area contributed by atoms with Crippen LogP contribution in [-0.4, -0.2) is 19.7 Å². The molecule has 4 nitrogen and oxygen atoms in total. The molecule has 0 atom stereocenters. The molecule has 0 spiro atoms. The van der Waals surface area contributed by atoms with Crippen LogP contribution in [0.5, 0.6) is 0 Å². The van der Waals surface area contributed by atoms with E-state index in [4.69, 9.17) is 0 Å². The third kappa shape index (κ3) is 2.68. The molecule has 0 N–H and O–H groups in total. The third-order valence-corrected chi connectivity index (χ3v) is 4.50. The summed E-state index contributed by atoms with van der Waals surface area (Å²) in [6.07, 6.45) is 1.81. The van der Waals surface area contributed by atoms with E-state index < -0.39 is 0 Å². The molecule has 0 unspecified atom stereocenters. The zero-order valence-electron chi connectivity index (χ0n) is 14.4. The van der Waals surface area contributed by atoms with Gasteiger partial charge in [0.25, 0.3) is 0 Å². The van der Waals surface area contributed by atoms with Crippen LogP contribution in [0, 0.1) is 6.07 Å². The summed E-state index contributed by atoms with van der Waals surface area (Å²) in [7, 11) is 0. The van der Waals surface area contributed by atoms with Gasteiger partial charge in [0.15, 0.2) is 11.6 Å². The SMILES string of the molecule is [c]1ccccc1-c1nnc(-c2ccccc2)n1-c1cccc2cccnc12. The fraction of sp³-hybridized carbons (Fsp3) is 0. The summed E-state index contributed by atoms with van der Waals surface area (Å²) < 4.78 is 2.07. The molecule has 0 amide bonds. The van der Waals surface area contributed by atoms with E-state index in [0.29, 0.717) is 0 Å². The molecule has 0 fully saturated rings. The van der Waals surface area contributed by atoms with Crippen LogP contribution in [0.3, 0.4) is 0 Å². The van der Waals surface area contributed by atoms with Crippen molar-refractivity contribution < 1.29 is 0 Å². The summed E-state index contributed by atoms with van der Waals surface area (Å²) in [5.74, 6) is 1.52. The molecule has 0 saturated heterocycles. The number of pyridine rings is 1. The van der Waals surface area contributed by atoms with E-state index in [1.165, 1.54) is 0 Å². The Bertz CT molecular complexity index is 1150. The molecule has 0 aliphatic rings. The maximum atomic E-state index is 4.62. The van der Waals surface area contributed by atoms with Gasteiger partial charge in [0.05, 0.1) is 11.2 Å². The van der Waals surface area contributed by atoms with Crippen LogP contribution in [0.4, 0.5) is 0 Å². The van der Waals surface area contributed by atoms with Crippen LogP contribution < -0.4 is 0 Å². The first-order chi connectivity index (χ1) is 13.4. The van der Waals surface area contributed by atoms with Gasteiger partial charge < -0.3 is 0 Å². The molecule has 2 heterocycles. The Morgan fingerprint density at radius 2 is 1.52 bits per heavy atom. The zero-order chi connectivity index (χ0) is 18.1. The first-order valence-corrected chi connectivity index (χ1v) is 8.74. The molecule has 4 heteroatoms. The van der Waals surface area contributed by atoms with E-state index in [9.17, 15) is 0 Å². The Hall–Kier alpha value is -3.79. The number of aromatic nitrogens is 4. The van der Waals surface area contributed by atoms with Crippen molar-refractivity contribution in [1.29, 1.82) is 0 Å². The number of hydrogen-bond acceptors (Lipinski definition) is 3. The average Bonchev–Trinajstić information content (AvgIpc) is 3.19. The standard InChI is InChI=1S/C23H15N4/c1-3-9-18(10-4-1)22-25-26-23(19-11-5-2-6-12-19)27(22)20-15-7-13-17-14-8-16-24-21(17)20/h1-11,13-16H. The van der Waals surface area contributed by atoms with Gasteiger partial charge in [-0.25, -0.2) is 0 Å². The van der Waals surface area contributed by atoms with Gasteiger partial charge in [0, 0.05) is 22.7 Å². The number of fused-ring (bicyclic) bond motifs is 1. The van der Waals surface area contributed by atoms with Gasteiger partial charge in [-0.3, -0.25) is 9.55 Å². The second kappa shape index (κ2) is 6.50. The number of para-hydroxylation sites is 1. The average molecular weight is 347 g/mol. The third-order valence-electron chi connectivity index (χ3n) is 4.50. The monoisotopic (exact) mass is 347 g/mol. The van der Waals surface area contributed by atoms with Crippen LogP contribution in [0.1, 0.15) is 0 Å². The molecular weight excluding hydrogens is 332 g/mol. The van der Waals surface area contributed by atoms with Crippen LogP contribution in [-0.2, 0) is 0 Å². The minimum absolute atomic E-state index is 0.743. The number of nitrogens with zero attached hydrogens (tertiary/aromatic N) is 4. The summed E-state index contributed by atoms with van der Waals surface area (Å²) in [5, 5.41) is 10.1. The van der Waals surface area contributed by atoms with E-state index in [2.05, 4.69) is 44.0 Å². The quantitative estimate of drug-likeness (QED) is 0.464. The molecule has 0 bridgehead atoms. The summed E-state index contributed by atoms with van der Waals surface area (Å²) in [6, 6.07) is 31.3. The first kappa shape index (κ1) is 15.5. The van der Waals surface area contributed by atoms with Crippen molar-refractivity contribution in [3.8, 4) is 28.5 Å². The van der Waals surface area contributed by atoms with Crippen molar-refractivity contribution in [2.75, 3.05) is 0 Å². The zero-order valence-corrected chi connectivity index (χ0v) is 14.4. The Labute approximate surface area is 156 Å². The number of benzene rings is 3. The lowest BCUT2D eigenvalue weighted by molar-refractivity contribution is 1.08. The van der Waals surface area contributed by atoms with Gasteiger partial charge in [-0.05, 0) is 18.2 Å². The number of rotatable bonds is 3. The van der Waals surface area contributed by atoms with Crippen LogP contribution in [0.25, 0.3) is 39.4 Å². The van der Waals surface area contributed by atoms with Gasteiger partial charge >= 0.3 is 0 Å². The molecule has 0 aliphatic carbocycles. The molecule has 5 rings (SSSR count). The largest absolute Gasteiger partial charge is 0.273 e. The maximum Gasteiger partial charge on any atom is 0.169 e.